The number of aryl methyl sites for hydroxylation is 1. The van der Waals surface area contributed by atoms with Gasteiger partial charge >= 0.3 is 0 Å². The van der Waals surface area contributed by atoms with Crippen LogP contribution < -0.4 is 5.32 Å². The van der Waals surface area contributed by atoms with Crippen molar-refractivity contribution in [3.63, 3.8) is 0 Å². The summed E-state index contributed by atoms with van der Waals surface area (Å²) in [6, 6.07) is 5.27. The first-order valence-corrected chi connectivity index (χ1v) is 10.8. The van der Waals surface area contributed by atoms with Crippen molar-refractivity contribution in [2.75, 3.05) is 5.32 Å². The molecule has 170 valence electrons. The van der Waals surface area contributed by atoms with E-state index in [1.54, 1.807) is 6.07 Å². The summed E-state index contributed by atoms with van der Waals surface area (Å²) in [5.41, 5.74) is 4.30. The van der Waals surface area contributed by atoms with E-state index < -0.39 is 0 Å². The molecule has 5 rings (SSSR count). The smallest absolute Gasteiger partial charge is 0.211 e. The molecule has 1 aliphatic carbocycles. The van der Waals surface area contributed by atoms with Crippen LogP contribution in [0.1, 0.15) is 50.9 Å². The van der Waals surface area contributed by atoms with Crippen LogP contribution in [0.5, 0.6) is 0 Å². The number of fused-ring (bicyclic) bond motifs is 3. The van der Waals surface area contributed by atoms with Gasteiger partial charge in [-0.2, -0.15) is 20.6 Å². The van der Waals surface area contributed by atoms with Crippen LogP contribution in [0, 0.1) is 11.3 Å². The number of carbonyl (C=O) groups is 1. The summed E-state index contributed by atoms with van der Waals surface area (Å²) in [5.74, 6) is 0.323. The van der Waals surface area contributed by atoms with E-state index in [0.717, 1.165) is 18.5 Å². The number of hydrogen-bond acceptors (Lipinski definition) is 7. The highest BCUT2D eigenvalue weighted by atomic mass is 35.5. The van der Waals surface area contributed by atoms with E-state index in [9.17, 15) is 4.79 Å². The van der Waals surface area contributed by atoms with E-state index in [-0.39, 0.29) is 11.0 Å². The Hall–Kier alpha value is -3.84. The normalized spacial score (nSPS) is 13.1. The van der Waals surface area contributed by atoms with E-state index in [2.05, 4.69) is 44.4 Å². The van der Waals surface area contributed by atoms with Gasteiger partial charge in [0.15, 0.2) is 16.6 Å². The van der Waals surface area contributed by atoms with Crippen molar-refractivity contribution < 1.29 is 4.79 Å². The number of nitriles is 1. The second-order valence-corrected chi connectivity index (χ2v) is 7.93. The summed E-state index contributed by atoms with van der Waals surface area (Å²) in [7, 11) is 0. The van der Waals surface area contributed by atoms with Crippen LogP contribution in [0.25, 0.3) is 11.5 Å². The third-order valence-electron chi connectivity index (χ3n) is 5.01. The van der Waals surface area contributed by atoms with Crippen molar-refractivity contribution >= 4 is 29.3 Å². The Bertz CT molecular complexity index is 1290. The first-order valence-electron chi connectivity index (χ1n) is 10.4. The second kappa shape index (κ2) is 10.2. The monoisotopic (exact) mass is 465 g/mol. The highest BCUT2D eigenvalue weighted by molar-refractivity contribution is 6.29. The quantitative estimate of drug-likeness (QED) is 0.456. The molecule has 1 N–H and O–H groups in total. The lowest BCUT2D eigenvalue weighted by atomic mass is 9.91. The molecule has 0 saturated heterocycles. The van der Waals surface area contributed by atoms with Crippen LogP contribution in [-0.2, 0) is 16.6 Å². The number of carbonyl (C=O) groups excluding carboxylic acids is 1. The Balaban J connectivity index is 0.000000173. The van der Waals surface area contributed by atoms with Gasteiger partial charge in [0.25, 0.3) is 0 Å². The summed E-state index contributed by atoms with van der Waals surface area (Å²) in [6.45, 7) is 8.49. The fraction of sp³-hybridized carbons (Fsp3) is 0.318. The van der Waals surface area contributed by atoms with E-state index >= 15 is 0 Å². The molecule has 0 aromatic carbocycles. The predicted molar refractivity (Wildman–Crippen MR) is 124 cm³/mol. The van der Waals surface area contributed by atoms with Gasteiger partial charge in [0.1, 0.15) is 11.6 Å². The maximum atomic E-state index is 10.2. The number of halogens is 1. The first kappa shape index (κ1) is 23.8. The minimum Gasteiger partial charge on any atom is -0.327 e. The van der Waals surface area contributed by atoms with Gasteiger partial charge in [-0.15, -0.1) is 4.80 Å². The average molecular weight is 466 g/mol. The maximum Gasteiger partial charge on any atom is 0.211 e. The highest BCUT2D eigenvalue weighted by Crippen LogP contribution is 2.37. The molecule has 0 spiro atoms. The fourth-order valence-corrected chi connectivity index (χ4v) is 3.76. The summed E-state index contributed by atoms with van der Waals surface area (Å²) >= 11 is 5.91. The van der Waals surface area contributed by atoms with Crippen LogP contribution in [0.2, 0.25) is 5.15 Å². The molecule has 0 radical (unpaired) electrons. The zero-order valence-corrected chi connectivity index (χ0v) is 19.6. The summed E-state index contributed by atoms with van der Waals surface area (Å²) in [4.78, 5) is 19.8. The van der Waals surface area contributed by atoms with Gasteiger partial charge in [-0.1, -0.05) is 39.3 Å². The topological polar surface area (TPSA) is 127 Å². The summed E-state index contributed by atoms with van der Waals surface area (Å²) < 4.78 is 1.89. The molecule has 33 heavy (non-hydrogen) atoms. The van der Waals surface area contributed by atoms with Crippen molar-refractivity contribution in [3.8, 4) is 11.9 Å². The van der Waals surface area contributed by atoms with Crippen LogP contribution >= 0.6 is 11.6 Å². The average Bonchev–Trinajstić information content (AvgIpc) is 3.54. The largest absolute Gasteiger partial charge is 0.327 e. The maximum absolute atomic E-state index is 10.2. The summed E-state index contributed by atoms with van der Waals surface area (Å²) in [6.07, 6.45) is 9.11. The van der Waals surface area contributed by atoms with Gasteiger partial charge in [-0.05, 0) is 24.5 Å². The lowest BCUT2D eigenvalue weighted by Gasteiger charge is -2.19. The van der Waals surface area contributed by atoms with E-state index in [1.165, 1.54) is 40.7 Å². The third kappa shape index (κ3) is 4.99. The van der Waals surface area contributed by atoms with E-state index in [4.69, 9.17) is 16.9 Å². The Kier molecular flexibility index (Phi) is 7.35. The molecule has 0 fully saturated rings. The number of hydrogen-bond donors (Lipinski definition) is 1. The SMILES string of the molecule is CC.CC1(C)CCc2cnc3cc(Cl)nn3c21.N#Cc1cc(NC=O)cnc1-n1nccn1. The van der Waals surface area contributed by atoms with Gasteiger partial charge in [0.05, 0.1) is 30.0 Å². The zero-order valence-electron chi connectivity index (χ0n) is 18.8. The van der Waals surface area contributed by atoms with Crippen molar-refractivity contribution in [2.24, 2.45) is 0 Å². The molecule has 11 heteroatoms. The molecule has 0 unspecified atom stereocenters. The van der Waals surface area contributed by atoms with Crippen molar-refractivity contribution in [1.29, 1.82) is 5.26 Å². The number of nitrogens with zero attached hydrogens (tertiary/aromatic N) is 8. The summed E-state index contributed by atoms with van der Waals surface area (Å²) in [5, 5.41) is 23.9. The van der Waals surface area contributed by atoms with Gasteiger partial charge in [-0.3, -0.25) is 4.79 Å². The molecule has 4 aromatic heterocycles. The molecule has 4 heterocycles. The molecular weight excluding hydrogens is 442 g/mol. The number of amides is 1. The molecule has 0 bridgehead atoms. The molecule has 0 saturated carbocycles. The number of aromatic nitrogens is 7. The van der Waals surface area contributed by atoms with Crippen LogP contribution in [0.3, 0.4) is 0 Å². The third-order valence-corrected chi connectivity index (χ3v) is 5.20. The Morgan fingerprint density at radius 3 is 2.58 bits per heavy atom. The van der Waals surface area contributed by atoms with E-state index in [0.29, 0.717) is 23.1 Å². The molecule has 1 amide bonds. The number of nitrogens with one attached hydrogen (secondary N) is 1. The number of rotatable bonds is 3. The lowest BCUT2D eigenvalue weighted by molar-refractivity contribution is -0.105. The Morgan fingerprint density at radius 2 is 1.91 bits per heavy atom. The highest BCUT2D eigenvalue weighted by Gasteiger charge is 2.33. The minimum absolute atomic E-state index is 0.172. The number of pyridine rings is 1. The van der Waals surface area contributed by atoms with Crippen molar-refractivity contribution in [3.05, 3.63) is 58.9 Å². The predicted octanol–water partition coefficient (Wildman–Crippen LogP) is 3.73. The minimum atomic E-state index is 0.172. The van der Waals surface area contributed by atoms with Crippen LogP contribution in [0.4, 0.5) is 5.69 Å². The van der Waals surface area contributed by atoms with Gasteiger partial charge in [0, 0.05) is 17.7 Å². The standard InChI is InChI=1S/C11H12ClN3.C9H6N6O.C2H6/c1-11(2)4-3-7-6-13-9-5-8(12)14-15(9)10(7)11;10-4-7-3-8(12-6-16)5-11-9(7)15-13-1-2-14-15;1-2/h5-6H,3-4H2,1-2H3;1-3,5-6H,(H,12,16);1-2H3. The molecule has 10 nitrogen and oxygen atoms in total. The zero-order chi connectivity index (χ0) is 24.0. The van der Waals surface area contributed by atoms with Crippen molar-refractivity contribution in [1.82, 2.24) is 34.6 Å². The van der Waals surface area contributed by atoms with E-state index in [1.807, 2.05) is 30.6 Å². The van der Waals surface area contributed by atoms with Crippen LogP contribution in [0.15, 0.2) is 36.9 Å². The molecule has 0 atom stereocenters. The lowest BCUT2D eigenvalue weighted by Crippen LogP contribution is -2.17. The Morgan fingerprint density at radius 1 is 1.18 bits per heavy atom. The Labute approximate surface area is 196 Å². The molecule has 1 aliphatic rings. The number of anilines is 1. The second-order valence-electron chi connectivity index (χ2n) is 7.54. The van der Waals surface area contributed by atoms with Crippen LogP contribution in [-0.4, -0.2) is 41.0 Å². The van der Waals surface area contributed by atoms with Gasteiger partial charge in [0.2, 0.25) is 6.41 Å². The first-order chi connectivity index (χ1) is 15.9. The molecule has 0 aliphatic heterocycles. The van der Waals surface area contributed by atoms with Gasteiger partial charge < -0.3 is 5.32 Å². The molecular formula is C22H24ClN9O. The molecule has 4 aromatic rings. The van der Waals surface area contributed by atoms with Gasteiger partial charge in [-0.25, -0.2) is 14.5 Å². The fourth-order valence-electron chi connectivity index (χ4n) is 3.58. The van der Waals surface area contributed by atoms with Crippen molar-refractivity contribution in [2.45, 2.75) is 46.0 Å².